The van der Waals surface area contributed by atoms with Crippen LogP contribution in [0.1, 0.15) is 5.56 Å². The van der Waals surface area contributed by atoms with Crippen molar-refractivity contribution in [3.05, 3.63) is 29.8 Å². The summed E-state index contributed by atoms with van der Waals surface area (Å²) in [4.78, 5) is 23.1. The van der Waals surface area contributed by atoms with Gasteiger partial charge in [0, 0.05) is 13.6 Å². The van der Waals surface area contributed by atoms with E-state index >= 15 is 0 Å². The van der Waals surface area contributed by atoms with E-state index in [4.69, 9.17) is 9.84 Å². The average Bonchev–Trinajstić information content (AvgIpc) is 2.38. The lowest BCUT2D eigenvalue weighted by molar-refractivity contribution is -0.137. The van der Waals surface area contributed by atoms with E-state index in [0.717, 1.165) is 16.2 Å². The second-order valence-electron chi connectivity index (χ2n) is 4.04. The standard InChI is InChI=1S/C13H18N2O4/c1-15(9-12(16)17)13(18)14-8-7-10-5-3-4-6-11(10)19-2/h3-6H,7-9H2,1-2H3,(H,14,18)(H,16,17). The molecule has 0 bridgehead atoms. The van der Waals surface area contributed by atoms with Gasteiger partial charge in [-0.3, -0.25) is 4.79 Å². The summed E-state index contributed by atoms with van der Waals surface area (Å²) in [5.74, 6) is -0.266. The number of carbonyl (C=O) groups is 2. The molecule has 0 saturated heterocycles. The molecule has 6 nitrogen and oxygen atoms in total. The van der Waals surface area contributed by atoms with Crippen LogP contribution in [-0.2, 0) is 11.2 Å². The Hall–Kier alpha value is -2.24. The molecule has 2 amide bonds. The van der Waals surface area contributed by atoms with Gasteiger partial charge in [0.1, 0.15) is 12.3 Å². The molecule has 0 heterocycles. The van der Waals surface area contributed by atoms with Crippen LogP contribution >= 0.6 is 0 Å². The summed E-state index contributed by atoms with van der Waals surface area (Å²) >= 11 is 0. The molecule has 1 aromatic rings. The average molecular weight is 266 g/mol. The number of para-hydroxylation sites is 1. The van der Waals surface area contributed by atoms with Gasteiger partial charge in [-0.1, -0.05) is 18.2 Å². The molecule has 0 saturated carbocycles. The van der Waals surface area contributed by atoms with Gasteiger partial charge in [0.25, 0.3) is 0 Å². The van der Waals surface area contributed by atoms with Crippen molar-refractivity contribution in [1.29, 1.82) is 0 Å². The number of carboxylic acids is 1. The number of nitrogens with zero attached hydrogens (tertiary/aromatic N) is 1. The summed E-state index contributed by atoms with van der Waals surface area (Å²) < 4.78 is 5.20. The summed E-state index contributed by atoms with van der Waals surface area (Å²) in [5, 5.41) is 11.2. The van der Waals surface area contributed by atoms with Gasteiger partial charge in [0.15, 0.2) is 0 Å². The van der Waals surface area contributed by atoms with Crippen LogP contribution in [0.15, 0.2) is 24.3 Å². The zero-order chi connectivity index (χ0) is 14.3. The van der Waals surface area contributed by atoms with Crippen LogP contribution in [0.2, 0.25) is 0 Å². The van der Waals surface area contributed by atoms with Gasteiger partial charge >= 0.3 is 12.0 Å². The second kappa shape index (κ2) is 7.25. The van der Waals surface area contributed by atoms with E-state index in [1.807, 2.05) is 24.3 Å². The van der Waals surface area contributed by atoms with Crippen molar-refractivity contribution in [2.75, 3.05) is 27.2 Å². The molecule has 0 unspecified atom stereocenters. The van der Waals surface area contributed by atoms with E-state index in [2.05, 4.69) is 5.32 Å². The molecular weight excluding hydrogens is 248 g/mol. The molecule has 6 heteroatoms. The van der Waals surface area contributed by atoms with Crippen molar-refractivity contribution in [2.45, 2.75) is 6.42 Å². The Labute approximate surface area is 112 Å². The third-order valence-electron chi connectivity index (χ3n) is 2.58. The predicted octanol–water partition coefficient (Wildman–Crippen LogP) is 0.964. The number of methoxy groups -OCH3 is 1. The molecule has 1 aromatic carbocycles. The van der Waals surface area contributed by atoms with Crippen LogP contribution in [0.4, 0.5) is 4.79 Å². The van der Waals surface area contributed by atoms with Crippen molar-refractivity contribution in [2.24, 2.45) is 0 Å². The summed E-state index contributed by atoms with van der Waals surface area (Å²) in [6, 6.07) is 7.15. The Morgan fingerprint density at radius 3 is 2.68 bits per heavy atom. The third-order valence-corrected chi connectivity index (χ3v) is 2.58. The van der Waals surface area contributed by atoms with E-state index in [1.54, 1.807) is 7.11 Å². The molecule has 0 fully saturated rings. The summed E-state index contributed by atoms with van der Waals surface area (Å²) in [6.07, 6.45) is 0.622. The van der Waals surface area contributed by atoms with Crippen molar-refractivity contribution in [1.82, 2.24) is 10.2 Å². The van der Waals surface area contributed by atoms with Gasteiger partial charge < -0.3 is 20.1 Å². The highest BCUT2D eigenvalue weighted by molar-refractivity contribution is 5.79. The Balaban J connectivity index is 2.41. The lowest BCUT2D eigenvalue weighted by Gasteiger charge is -2.15. The zero-order valence-corrected chi connectivity index (χ0v) is 11.0. The monoisotopic (exact) mass is 266 g/mol. The minimum Gasteiger partial charge on any atom is -0.496 e. The molecule has 0 aliphatic rings. The van der Waals surface area contributed by atoms with E-state index in [9.17, 15) is 9.59 Å². The Bertz CT molecular complexity index is 448. The Morgan fingerprint density at radius 2 is 2.05 bits per heavy atom. The molecular formula is C13H18N2O4. The molecule has 0 aromatic heterocycles. The fraction of sp³-hybridized carbons (Fsp3) is 0.385. The number of rotatable bonds is 6. The number of ether oxygens (including phenoxy) is 1. The quantitative estimate of drug-likeness (QED) is 0.804. The summed E-state index contributed by atoms with van der Waals surface area (Å²) in [6.45, 7) is 0.101. The molecule has 0 aliphatic carbocycles. The maximum Gasteiger partial charge on any atom is 0.323 e. The highest BCUT2D eigenvalue weighted by Gasteiger charge is 2.11. The molecule has 0 atom stereocenters. The lowest BCUT2D eigenvalue weighted by Crippen LogP contribution is -2.40. The number of nitrogens with one attached hydrogen (secondary N) is 1. The molecule has 0 aliphatic heterocycles. The maximum atomic E-state index is 11.5. The number of hydrogen-bond donors (Lipinski definition) is 2. The number of carboxylic acid groups (broad SMARTS) is 1. The van der Waals surface area contributed by atoms with Gasteiger partial charge in [-0.2, -0.15) is 0 Å². The number of amides is 2. The maximum absolute atomic E-state index is 11.5. The number of benzene rings is 1. The van der Waals surface area contributed by atoms with Crippen LogP contribution in [-0.4, -0.2) is 49.3 Å². The first-order valence-corrected chi connectivity index (χ1v) is 5.87. The van der Waals surface area contributed by atoms with Crippen LogP contribution in [0, 0.1) is 0 Å². The number of aliphatic carboxylic acids is 1. The fourth-order valence-electron chi connectivity index (χ4n) is 1.62. The summed E-state index contributed by atoms with van der Waals surface area (Å²) in [5.41, 5.74) is 0.992. The van der Waals surface area contributed by atoms with Crippen molar-refractivity contribution in [3.8, 4) is 5.75 Å². The van der Waals surface area contributed by atoms with Gasteiger partial charge in [-0.15, -0.1) is 0 Å². The third kappa shape index (κ3) is 4.87. The van der Waals surface area contributed by atoms with E-state index < -0.39 is 12.0 Å². The SMILES string of the molecule is COc1ccccc1CCNC(=O)N(C)CC(=O)O. The first-order chi connectivity index (χ1) is 9.04. The van der Waals surface area contributed by atoms with Crippen LogP contribution in [0.3, 0.4) is 0 Å². The lowest BCUT2D eigenvalue weighted by atomic mass is 10.1. The van der Waals surface area contributed by atoms with Gasteiger partial charge in [0.05, 0.1) is 7.11 Å². The molecule has 104 valence electrons. The number of likely N-dealkylation sites (N-methyl/N-ethyl adjacent to an activating group) is 1. The van der Waals surface area contributed by atoms with E-state index in [1.165, 1.54) is 7.05 Å². The smallest absolute Gasteiger partial charge is 0.323 e. The fourth-order valence-corrected chi connectivity index (χ4v) is 1.62. The van der Waals surface area contributed by atoms with Gasteiger partial charge in [-0.05, 0) is 18.1 Å². The van der Waals surface area contributed by atoms with Gasteiger partial charge in [0.2, 0.25) is 0 Å². The number of carbonyl (C=O) groups excluding carboxylic acids is 1. The molecule has 1 rings (SSSR count). The van der Waals surface area contributed by atoms with E-state index in [0.29, 0.717) is 13.0 Å². The van der Waals surface area contributed by atoms with Crippen LogP contribution < -0.4 is 10.1 Å². The molecule has 19 heavy (non-hydrogen) atoms. The highest BCUT2D eigenvalue weighted by Crippen LogP contribution is 2.17. The topological polar surface area (TPSA) is 78.9 Å². The first-order valence-electron chi connectivity index (χ1n) is 5.87. The normalized spacial score (nSPS) is 9.79. The first kappa shape index (κ1) is 14.8. The van der Waals surface area contributed by atoms with Crippen molar-refractivity contribution in [3.63, 3.8) is 0 Å². The highest BCUT2D eigenvalue weighted by atomic mass is 16.5. The van der Waals surface area contributed by atoms with Crippen molar-refractivity contribution < 1.29 is 19.4 Å². The molecule has 0 radical (unpaired) electrons. The second-order valence-corrected chi connectivity index (χ2v) is 4.04. The largest absolute Gasteiger partial charge is 0.496 e. The summed E-state index contributed by atoms with van der Waals surface area (Å²) in [7, 11) is 3.03. The minimum atomic E-state index is -1.04. The Morgan fingerprint density at radius 1 is 1.37 bits per heavy atom. The zero-order valence-electron chi connectivity index (χ0n) is 11.0. The number of urea groups is 1. The molecule has 2 N–H and O–H groups in total. The van der Waals surface area contributed by atoms with Crippen molar-refractivity contribution >= 4 is 12.0 Å². The van der Waals surface area contributed by atoms with Crippen LogP contribution in [0.25, 0.3) is 0 Å². The predicted molar refractivity (Wildman–Crippen MR) is 70.4 cm³/mol. The molecule has 0 spiro atoms. The minimum absolute atomic E-state index is 0.319. The van der Waals surface area contributed by atoms with Gasteiger partial charge in [-0.25, -0.2) is 4.79 Å². The van der Waals surface area contributed by atoms with E-state index in [-0.39, 0.29) is 6.54 Å². The van der Waals surface area contributed by atoms with Crippen LogP contribution in [0.5, 0.6) is 5.75 Å². The number of hydrogen-bond acceptors (Lipinski definition) is 3. The Kier molecular flexibility index (Phi) is 5.66.